The second-order valence-electron chi connectivity index (χ2n) is 3.58. The number of halogens is 1. The molecule has 6 heteroatoms. The highest BCUT2D eigenvalue weighted by molar-refractivity contribution is 9.10. The van der Waals surface area contributed by atoms with Crippen LogP contribution >= 0.6 is 27.7 Å². The van der Waals surface area contributed by atoms with Crippen LogP contribution in [0.2, 0.25) is 0 Å². The summed E-state index contributed by atoms with van der Waals surface area (Å²) in [4.78, 5) is 11.9. The van der Waals surface area contributed by atoms with Gasteiger partial charge in [0, 0.05) is 18.8 Å². The van der Waals surface area contributed by atoms with Crippen LogP contribution in [0.5, 0.6) is 0 Å². The number of rotatable bonds is 7. The van der Waals surface area contributed by atoms with E-state index < -0.39 is 0 Å². The first-order valence-corrected chi connectivity index (χ1v) is 7.66. The predicted octanol–water partition coefficient (Wildman–Crippen LogP) is 2.19. The largest absolute Gasteiger partial charge is 0.382 e. The maximum absolute atomic E-state index is 11.9. The molecule has 0 saturated carbocycles. The Morgan fingerprint density at radius 1 is 1.67 bits per heavy atom. The third kappa shape index (κ3) is 4.39. The number of aryl methyl sites for hydroxylation is 1. The van der Waals surface area contributed by atoms with Gasteiger partial charge in [0.2, 0.25) is 0 Å². The van der Waals surface area contributed by atoms with Crippen molar-refractivity contribution in [1.82, 2.24) is 9.78 Å². The van der Waals surface area contributed by atoms with Gasteiger partial charge in [-0.05, 0) is 22.4 Å². The lowest BCUT2D eigenvalue weighted by Crippen LogP contribution is -2.24. The summed E-state index contributed by atoms with van der Waals surface area (Å²) in [6.07, 6.45) is 7.72. The number of nitrogens with one attached hydrogen (secondary N) is 1. The van der Waals surface area contributed by atoms with Crippen LogP contribution in [0.25, 0.3) is 0 Å². The van der Waals surface area contributed by atoms with Crippen molar-refractivity contribution in [3.05, 3.63) is 21.0 Å². The van der Waals surface area contributed by atoms with Crippen LogP contribution in [0.1, 0.15) is 13.3 Å². The molecule has 0 bridgehead atoms. The van der Waals surface area contributed by atoms with Crippen molar-refractivity contribution in [1.29, 1.82) is 0 Å². The van der Waals surface area contributed by atoms with Gasteiger partial charge in [0.1, 0.15) is 4.47 Å². The van der Waals surface area contributed by atoms with Gasteiger partial charge in [0.25, 0.3) is 5.56 Å². The highest BCUT2D eigenvalue weighted by Crippen LogP contribution is 2.16. The molecule has 0 fully saturated rings. The summed E-state index contributed by atoms with van der Waals surface area (Å²) in [5.74, 6) is 4.17. The molecule has 0 spiro atoms. The number of hydrogen-bond donors (Lipinski definition) is 1. The Morgan fingerprint density at radius 3 is 3.11 bits per heavy atom. The van der Waals surface area contributed by atoms with Crippen LogP contribution in [0, 0.1) is 12.3 Å². The summed E-state index contributed by atoms with van der Waals surface area (Å²) in [6.45, 7) is 3.40. The van der Waals surface area contributed by atoms with E-state index in [4.69, 9.17) is 6.42 Å². The lowest BCUT2D eigenvalue weighted by molar-refractivity contribution is 0.566. The average Bonchev–Trinajstić information content (AvgIpc) is 2.37. The molecule has 98 valence electrons. The van der Waals surface area contributed by atoms with E-state index in [2.05, 4.69) is 32.3 Å². The van der Waals surface area contributed by atoms with E-state index >= 15 is 0 Å². The van der Waals surface area contributed by atoms with E-state index in [0.717, 1.165) is 24.4 Å². The molecule has 1 heterocycles. The van der Waals surface area contributed by atoms with Gasteiger partial charge >= 0.3 is 0 Å². The summed E-state index contributed by atoms with van der Waals surface area (Å²) in [5, 5.41) is 7.29. The molecule has 0 unspecified atom stereocenters. The van der Waals surface area contributed by atoms with Gasteiger partial charge in [-0.2, -0.15) is 5.10 Å². The zero-order chi connectivity index (χ0) is 13.4. The minimum Gasteiger partial charge on any atom is -0.382 e. The van der Waals surface area contributed by atoms with Crippen LogP contribution in [0.3, 0.4) is 0 Å². The van der Waals surface area contributed by atoms with Crippen molar-refractivity contribution >= 4 is 33.4 Å². The summed E-state index contributed by atoms with van der Waals surface area (Å²) < 4.78 is 2.00. The summed E-state index contributed by atoms with van der Waals surface area (Å²) in [7, 11) is 0. The molecular weight excluding hydrogens is 314 g/mol. The van der Waals surface area contributed by atoms with Gasteiger partial charge in [-0.25, -0.2) is 4.68 Å². The van der Waals surface area contributed by atoms with Crippen LogP contribution in [0.15, 0.2) is 15.5 Å². The van der Waals surface area contributed by atoms with Crippen molar-refractivity contribution in [3.63, 3.8) is 0 Å². The van der Waals surface area contributed by atoms with Gasteiger partial charge in [0.15, 0.2) is 0 Å². The number of aromatic nitrogens is 2. The van der Waals surface area contributed by atoms with Gasteiger partial charge < -0.3 is 5.32 Å². The Balaban J connectivity index is 2.60. The highest BCUT2D eigenvalue weighted by Gasteiger charge is 2.07. The first-order chi connectivity index (χ1) is 8.70. The molecule has 1 rings (SSSR count). The third-order valence-corrected chi connectivity index (χ3v) is 3.80. The fourth-order valence-electron chi connectivity index (χ4n) is 1.35. The minimum absolute atomic E-state index is 0.0990. The van der Waals surface area contributed by atoms with Crippen molar-refractivity contribution in [2.45, 2.75) is 19.9 Å². The zero-order valence-electron chi connectivity index (χ0n) is 10.3. The fraction of sp³-hybridized carbons (Fsp3) is 0.500. The molecule has 0 aliphatic carbocycles. The van der Waals surface area contributed by atoms with E-state index in [9.17, 15) is 4.79 Å². The molecule has 18 heavy (non-hydrogen) atoms. The topological polar surface area (TPSA) is 46.9 Å². The van der Waals surface area contributed by atoms with E-state index in [-0.39, 0.29) is 5.56 Å². The molecule has 0 atom stereocenters. The summed E-state index contributed by atoms with van der Waals surface area (Å²) >= 11 is 4.99. The quantitative estimate of drug-likeness (QED) is 0.615. The maximum Gasteiger partial charge on any atom is 0.283 e. The molecule has 0 aliphatic heterocycles. The predicted molar refractivity (Wildman–Crippen MR) is 81.1 cm³/mol. The van der Waals surface area contributed by atoms with Gasteiger partial charge in [0.05, 0.1) is 17.6 Å². The Morgan fingerprint density at radius 2 is 2.44 bits per heavy atom. The Bertz CT molecular complexity index is 481. The number of terminal acetylenes is 1. The molecule has 4 nitrogen and oxygen atoms in total. The molecule has 1 aromatic heterocycles. The number of thioether (sulfide) groups is 1. The number of anilines is 1. The molecule has 0 aliphatic rings. The Labute approximate surface area is 120 Å². The third-order valence-electron chi connectivity index (χ3n) is 2.17. The fourth-order valence-corrected chi connectivity index (χ4v) is 2.30. The van der Waals surface area contributed by atoms with Crippen LogP contribution in [-0.2, 0) is 6.54 Å². The SMILES string of the molecule is C#CCSCCNc1cnn(CCC)c(=O)c1Br. The lowest BCUT2D eigenvalue weighted by atomic mass is 10.4. The van der Waals surface area contributed by atoms with Gasteiger partial charge in [-0.3, -0.25) is 4.79 Å². The smallest absolute Gasteiger partial charge is 0.283 e. The van der Waals surface area contributed by atoms with Crippen molar-refractivity contribution in [2.75, 3.05) is 23.4 Å². The van der Waals surface area contributed by atoms with Gasteiger partial charge in [-0.15, -0.1) is 18.2 Å². The van der Waals surface area contributed by atoms with Crippen molar-refractivity contribution < 1.29 is 0 Å². The summed E-state index contributed by atoms with van der Waals surface area (Å²) in [5.41, 5.74) is 0.631. The summed E-state index contributed by atoms with van der Waals surface area (Å²) in [6, 6.07) is 0. The van der Waals surface area contributed by atoms with Crippen molar-refractivity contribution in [2.24, 2.45) is 0 Å². The highest BCUT2D eigenvalue weighted by atomic mass is 79.9. The number of nitrogens with zero attached hydrogens (tertiary/aromatic N) is 2. The second-order valence-corrected chi connectivity index (χ2v) is 5.48. The molecular formula is C12H16BrN3OS. The van der Waals surface area contributed by atoms with Crippen LogP contribution < -0.4 is 10.9 Å². The average molecular weight is 330 g/mol. The monoisotopic (exact) mass is 329 g/mol. The first kappa shape index (κ1) is 15.1. The molecule has 0 amide bonds. The van der Waals surface area contributed by atoms with Gasteiger partial charge in [-0.1, -0.05) is 12.8 Å². The Kier molecular flexibility index (Phi) is 6.91. The minimum atomic E-state index is -0.0990. The first-order valence-electron chi connectivity index (χ1n) is 5.71. The van der Waals surface area contributed by atoms with Crippen molar-refractivity contribution in [3.8, 4) is 12.3 Å². The second kappa shape index (κ2) is 8.22. The molecule has 0 aromatic carbocycles. The lowest BCUT2D eigenvalue weighted by Gasteiger charge is -2.09. The maximum atomic E-state index is 11.9. The molecule has 1 aromatic rings. The normalized spacial score (nSPS) is 10.1. The van der Waals surface area contributed by atoms with E-state index in [1.165, 1.54) is 4.68 Å². The van der Waals surface area contributed by atoms with Crippen LogP contribution in [0.4, 0.5) is 5.69 Å². The molecule has 1 N–H and O–H groups in total. The Hall–Kier alpha value is -0.930. The van der Waals surface area contributed by atoms with Crippen LogP contribution in [-0.4, -0.2) is 27.8 Å². The molecule has 0 radical (unpaired) electrons. The van der Waals surface area contributed by atoms with E-state index in [1.54, 1.807) is 18.0 Å². The zero-order valence-corrected chi connectivity index (χ0v) is 12.7. The van der Waals surface area contributed by atoms with E-state index in [1.807, 2.05) is 6.92 Å². The standard InChI is InChI=1S/C12H16BrN3OS/c1-3-6-16-12(17)11(13)10(9-15-16)14-5-8-18-7-4-2/h2,9,14H,3,5-8H2,1H3. The van der Waals surface area contributed by atoms with E-state index in [0.29, 0.717) is 16.8 Å². The molecule has 0 saturated heterocycles. The number of hydrogen-bond acceptors (Lipinski definition) is 4.